The topological polar surface area (TPSA) is 59.1 Å². The van der Waals surface area contributed by atoms with Gasteiger partial charge in [-0.1, -0.05) is 13.0 Å². The number of aromatic nitrogens is 1. The van der Waals surface area contributed by atoms with E-state index in [4.69, 9.17) is 0 Å². The van der Waals surface area contributed by atoms with Crippen LogP contribution in [0.25, 0.3) is 0 Å². The lowest BCUT2D eigenvalue weighted by atomic mass is 10.1. The average molecular weight is 242 g/mol. The lowest BCUT2D eigenvalue weighted by Gasteiger charge is -2.16. The highest BCUT2D eigenvalue weighted by atomic mass is 32.2. The molecule has 1 aromatic rings. The predicted molar refractivity (Wildman–Crippen MR) is 65.1 cm³/mol. The van der Waals surface area contributed by atoms with Crippen LogP contribution in [0.15, 0.2) is 24.4 Å². The van der Waals surface area contributed by atoms with E-state index in [1.807, 2.05) is 25.1 Å². The fourth-order valence-electron chi connectivity index (χ4n) is 1.62. The van der Waals surface area contributed by atoms with Crippen LogP contribution in [-0.4, -0.2) is 38.0 Å². The van der Waals surface area contributed by atoms with Crippen molar-refractivity contribution in [1.82, 2.24) is 10.3 Å². The van der Waals surface area contributed by atoms with Gasteiger partial charge in [-0.05, 0) is 18.7 Å². The van der Waals surface area contributed by atoms with E-state index in [-0.39, 0.29) is 11.8 Å². The Labute approximate surface area is 97.0 Å². The van der Waals surface area contributed by atoms with Crippen molar-refractivity contribution in [3.63, 3.8) is 0 Å². The van der Waals surface area contributed by atoms with Gasteiger partial charge in [0.1, 0.15) is 9.84 Å². The molecule has 16 heavy (non-hydrogen) atoms. The number of nitrogens with one attached hydrogen (secondary N) is 1. The maximum absolute atomic E-state index is 11.2. The minimum absolute atomic E-state index is 0.0603. The van der Waals surface area contributed by atoms with Crippen LogP contribution < -0.4 is 5.32 Å². The van der Waals surface area contributed by atoms with Gasteiger partial charge in [-0.15, -0.1) is 0 Å². The van der Waals surface area contributed by atoms with Crippen molar-refractivity contribution in [1.29, 1.82) is 0 Å². The van der Waals surface area contributed by atoms with Crippen molar-refractivity contribution < 1.29 is 8.42 Å². The number of nitrogens with zero attached hydrogens (tertiary/aromatic N) is 1. The Bertz CT molecular complexity index is 403. The van der Waals surface area contributed by atoms with Gasteiger partial charge < -0.3 is 5.32 Å². The summed E-state index contributed by atoms with van der Waals surface area (Å²) in [6.07, 6.45) is 3.62. The molecule has 0 amide bonds. The first-order chi connectivity index (χ1) is 7.51. The third-order valence-corrected chi connectivity index (χ3v) is 3.19. The first-order valence-corrected chi connectivity index (χ1v) is 7.38. The van der Waals surface area contributed by atoms with Crippen LogP contribution >= 0.6 is 0 Å². The summed E-state index contributed by atoms with van der Waals surface area (Å²) in [6.45, 7) is 2.72. The van der Waals surface area contributed by atoms with Gasteiger partial charge >= 0.3 is 0 Å². The van der Waals surface area contributed by atoms with Crippen molar-refractivity contribution in [3.05, 3.63) is 30.1 Å². The van der Waals surface area contributed by atoms with Crippen LogP contribution in [0.3, 0.4) is 0 Å². The quantitative estimate of drug-likeness (QED) is 0.795. The number of sulfone groups is 1. The van der Waals surface area contributed by atoms with Crippen molar-refractivity contribution in [2.45, 2.75) is 19.4 Å². The van der Waals surface area contributed by atoms with Gasteiger partial charge in [-0.3, -0.25) is 4.98 Å². The van der Waals surface area contributed by atoms with Gasteiger partial charge in [-0.2, -0.15) is 0 Å². The Morgan fingerprint density at radius 3 is 2.69 bits per heavy atom. The SMILES string of the molecule is CCNC(Cc1ccccn1)CS(C)(=O)=O. The summed E-state index contributed by atoms with van der Waals surface area (Å²) < 4.78 is 22.5. The van der Waals surface area contributed by atoms with E-state index in [0.29, 0.717) is 6.42 Å². The number of hydrogen-bond acceptors (Lipinski definition) is 4. The number of hydrogen-bond donors (Lipinski definition) is 1. The van der Waals surface area contributed by atoms with E-state index in [1.54, 1.807) is 6.20 Å². The second kappa shape index (κ2) is 5.96. The van der Waals surface area contributed by atoms with Crippen molar-refractivity contribution >= 4 is 9.84 Å². The molecule has 0 saturated carbocycles. The van der Waals surface area contributed by atoms with E-state index < -0.39 is 9.84 Å². The third-order valence-electron chi connectivity index (χ3n) is 2.18. The Hall–Kier alpha value is -0.940. The molecule has 4 nitrogen and oxygen atoms in total. The van der Waals surface area contributed by atoms with Gasteiger partial charge in [0.15, 0.2) is 0 Å². The lowest BCUT2D eigenvalue weighted by Crippen LogP contribution is -2.37. The van der Waals surface area contributed by atoms with Crippen LogP contribution in [0.4, 0.5) is 0 Å². The van der Waals surface area contributed by atoms with Crippen molar-refractivity contribution in [2.24, 2.45) is 0 Å². The molecule has 1 heterocycles. The number of rotatable bonds is 6. The Morgan fingerprint density at radius 2 is 2.19 bits per heavy atom. The molecule has 1 unspecified atom stereocenters. The molecular weight excluding hydrogens is 224 g/mol. The van der Waals surface area contributed by atoms with Crippen LogP contribution in [0, 0.1) is 0 Å². The number of likely N-dealkylation sites (N-methyl/N-ethyl adjacent to an activating group) is 1. The van der Waals surface area contributed by atoms with Gasteiger partial charge in [0, 0.05) is 30.6 Å². The Morgan fingerprint density at radius 1 is 1.44 bits per heavy atom. The van der Waals surface area contributed by atoms with Crippen molar-refractivity contribution in [3.8, 4) is 0 Å². The van der Waals surface area contributed by atoms with E-state index in [9.17, 15) is 8.42 Å². The molecule has 5 heteroatoms. The molecule has 90 valence electrons. The molecule has 0 aliphatic carbocycles. The van der Waals surface area contributed by atoms with Crippen LogP contribution in [0.1, 0.15) is 12.6 Å². The summed E-state index contributed by atoms with van der Waals surface area (Å²) in [5.74, 6) is 0.150. The van der Waals surface area contributed by atoms with E-state index >= 15 is 0 Å². The molecule has 0 fully saturated rings. The second-order valence-corrected chi connectivity index (χ2v) is 6.06. The largest absolute Gasteiger partial charge is 0.313 e. The van der Waals surface area contributed by atoms with Gasteiger partial charge in [0.25, 0.3) is 0 Å². The molecule has 0 radical (unpaired) electrons. The molecule has 1 rings (SSSR count). The van der Waals surface area contributed by atoms with Gasteiger partial charge in [0.05, 0.1) is 5.75 Å². The van der Waals surface area contributed by atoms with E-state index in [1.165, 1.54) is 6.26 Å². The monoisotopic (exact) mass is 242 g/mol. The zero-order valence-corrected chi connectivity index (χ0v) is 10.5. The highest BCUT2D eigenvalue weighted by molar-refractivity contribution is 7.90. The maximum Gasteiger partial charge on any atom is 0.148 e. The summed E-state index contributed by atoms with van der Waals surface area (Å²) >= 11 is 0. The van der Waals surface area contributed by atoms with Crippen LogP contribution in [0.5, 0.6) is 0 Å². The molecule has 0 aliphatic rings. The minimum Gasteiger partial charge on any atom is -0.313 e. The Balaban J connectivity index is 2.65. The first kappa shape index (κ1) is 13.1. The molecule has 0 spiro atoms. The van der Waals surface area contributed by atoms with Crippen LogP contribution in [-0.2, 0) is 16.3 Å². The van der Waals surface area contributed by atoms with E-state index in [2.05, 4.69) is 10.3 Å². The summed E-state index contributed by atoms with van der Waals surface area (Å²) in [5, 5.41) is 3.17. The molecule has 0 saturated heterocycles. The summed E-state index contributed by atoms with van der Waals surface area (Å²) in [5.41, 5.74) is 0.914. The third kappa shape index (κ3) is 5.23. The van der Waals surface area contributed by atoms with Crippen molar-refractivity contribution in [2.75, 3.05) is 18.6 Å². The zero-order valence-electron chi connectivity index (χ0n) is 9.68. The molecule has 0 aromatic carbocycles. The Kier molecular flexibility index (Phi) is 4.89. The summed E-state index contributed by atoms with van der Waals surface area (Å²) in [7, 11) is -2.96. The van der Waals surface area contributed by atoms with E-state index in [0.717, 1.165) is 12.2 Å². The fraction of sp³-hybridized carbons (Fsp3) is 0.545. The minimum atomic E-state index is -2.96. The molecule has 0 aliphatic heterocycles. The average Bonchev–Trinajstić information content (AvgIpc) is 2.17. The molecule has 1 N–H and O–H groups in total. The molecule has 1 atom stereocenters. The number of pyridine rings is 1. The fourth-order valence-corrected chi connectivity index (χ4v) is 2.58. The maximum atomic E-state index is 11.2. The standard InChI is InChI=1S/C11H18N2O2S/c1-3-12-11(9-16(2,14)15)8-10-6-4-5-7-13-10/h4-7,11-12H,3,8-9H2,1-2H3. The smallest absolute Gasteiger partial charge is 0.148 e. The molecule has 1 aromatic heterocycles. The zero-order chi connectivity index (χ0) is 12.0. The van der Waals surface area contributed by atoms with Gasteiger partial charge in [-0.25, -0.2) is 8.42 Å². The first-order valence-electron chi connectivity index (χ1n) is 5.32. The van der Waals surface area contributed by atoms with Gasteiger partial charge in [0.2, 0.25) is 0 Å². The predicted octanol–water partition coefficient (Wildman–Crippen LogP) is 0.647. The molecule has 0 bridgehead atoms. The summed E-state index contributed by atoms with van der Waals surface area (Å²) in [6, 6.07) is 5.61. The summed E-state index contributed by atoms with van der Waals surface area (Å²) in [4.78, 5) is 4.20. The highest BCUT2D eigenvalue weighted by Crippen LogP contribution is 2.02. The normalized spacial score (nSPS) is 13.6. The highest BCUT2D eigenvalue weighted by Gasteiger charge is 2.15. The lowest BCUT2D eigenvalue weighted by molar-refractivity contribution is 0.541. The van der Waals surface area contributed by atoms with Crippen LogP contribution in [0.2, 0.25) is 0 Å². The second-order valence-electron chi connectivity index (χ2n) is 3.87. The molecular formula is C11H18N2O2S.